The molecule has 5 nitrogen and oxygen atoms in total. The molecule has 4 rings (SSSR count). The lowest BCUT2D eigenvalue weighted by Crippen LogP contribution is -1.92. The molecule has 0 bridgehead atoms. The fraction of sp³-hybridized carbons (Fsp3) is 0.0476. The molecule has 2 aromatic heterocycles. The van der Waals surface area contributed by atoms with Gasteiger partial charge in [0.15, 0.2) is 17.1 Å². The van der Waals surface area contributed by atoms with Gasteiger partial charge in [0, 0.05) is 17.1 Å². The average molecular weight is 344 g/mol. The van der Waals surface area contributed by atoms with Gasteiger partial charge in [-0.15, -0.1) is 0 Å². The van der Waals surface area contributed by atoms with Crippen molar-refractivity contribution < 1.29 is 13.9 Å². The molecule has 0 spiro atoms. The molecule has 5 heteroatoms. The van der Waals surface area contributed by atoms with Crippen molar-refractivity contribution in [3.8, 4) is 11.4 Å². The Morgan fingerprint density at radius 3 is 2.81 bits per heavy atom. The highest BCUT2D eigenvalue weighted by Gasteiger charge is 2.12. The van der Waals surface area contributed by atoms with Gasteiger partial charge in [-0.3, -0.25) is 4.79 Å². The molecule has 0 aliphatic heterocycles. The maximum absolute atomic E-state index is 12.4. The molecule has 0 aliphatic rings. The number of aromatic nitrogens is 2. The van der Waals surface area contributed by atoms with E-state index in [9.17, 15) is 4.79 Å². The highest BCUT2D eigenvalue weighted by atomic mass is 16.5. The number of hydrogen-bond donors (Lipinski definition) is 0. The van der Waals surface area contributed by atoms with E-state index in [2.05, 4.69) is 5.10 Å². The third-order valence-electron chi connectivity index (χ3n) is 4.02. The normalized spacial score (nSPS) is 11.3. The van der Waals surface area contributed by atoms with Gasteiger partial charge in [0.25, 0.3) is 0 Å². The Balaban J connectivity index is 1.56. The van der Waals surface area contributed by atoms with Crippen LogP contribution in [0.3, 0.4) is 0 Å². The molecule has 0 amide bonds. The summed E-state index contributed by atoms with van der Waals surface area (Å²) in [5.41, 5.74) is 2.36. The van der Waals surface area contributed by atoms with Gasteiger partial charge in [-0.05, 0) is 36.4 Å². The molecule has 0 saturated heterocycles. The van der Waals surface area contributed by atoms with Crippen LogP contribution in [0.15, 0.2) is 77.5 Å². The smallest absolute Gasteiger partial charge is 0.221 e. The van der Waals surface area contributed by atoms with Gasteiger partial charge in [0.05, 0.1) is 19.0 Å². The molecule has 2 aromatic carbocycles. The van der Waals surface area contributed by atoms with Crippen molar-refractivity contribution in [3.05, 3.63) is 84.4 Å². The molecule has 26 heavy (non-hydrogen) atoms. The van der Waals surface area contributed by atoms with Gasteiger partial charge in [0.2, 0.25) is 5.78 Å². The van der Waals surface area contributed by atoms with E-state index in [1.165, 1.54) is 6.08 Å². The summed E-state index contributed by atoms with van der Waals surface area (Å²) in [6.07, 6.45) is 6.77. The first-order valence-electron chi connectivity index (χ1n) is 8.13. The van der Waals surface area contributed by atoms with E-state index >= 15 is 0 Å². The number of ether oxygens (including phenoxy) is 1. The van der Waals surface area contributed by atoms with Crippen LogP contribution in [-0.2, 0) is 0 Å². The number of ketones is 1. The van der Waals surface area contributed by atoms with Gasteiger partial charge in [-0.1, -0.05) is 30.3 Å². The summed E-state index contributed by atoms with van der Waals surface area (Å²) in [5.74, 6) is 0.668. The summed E-state index contributed by atoms with van der Waals surface area (Å²) in [6, 6.07) is 17.0. The van der Waals surface area contributed by atoms with Crippen LogP contribution >= 0.6 is 0 Å². The zero-order valence-corrected chi connectivity index (χ0v) is 14.1. The Morgan fingerprint density at radius 1 is 1.15 bits per heavy atom. The Morgan fingerprint density at radius 2 is 2.00 bits per heavy atom. The van der Waals surface area contributed by atoms with E-state index in [1.54, 1.807) is 36.2 Å². The van der Waals surface area contributed by atoms with E-state index in [0.29, 0.717) is 11.3 Å². The number of methoxy groups -OCH3 is 1. The van der Waals surface area contributed by atoms with Crippen LogP contribution in [0.1, 0.15) is 16.1 Å². The van der Waals surface area contributed by atoms with E-state index in [4.69, 9.17) is 9.15 Å². The minimum Gasteiger partial charge on any atom is -0.493 e. The first-order valence-corrected chi connectivity index (χ1v) is 8.13. The topological polar surface area (TPSA) is 57.3 Å². The summed E-state index contributed by atoms with van der Waals surface area (Å²) in [5, 5.41) is 5.14. The van der Waals surface area contributed by atoms with Crippen LogP contribution in [0.25, 0.3) is 22.7 Å². The van der Waals surface area contributed by atoms with Crippen LogP contribution in [0.4, 0.5) is 0 Å². The summed E-state index contributed by atoms with van der Waals surface area (Å²) < 4.78 is 12.7. The highest BCUT2D eigenvalue weighted by molar-refractivity contribution is 6.07. The molecule has 0 atom stereocenters. The van der Waals surface area contributed by atoms with E-state index in [0.717, 1.165) is 16.6 Å². The molecule has 0 aliphatic carbocycles. The van der Waals surface area contributed by atoms with Crippen LogP contribution in [-0.4, -0.2) is 22.7 Å². The minimum atomic E-state index is -0.212. The molecule has 0 saturated carbocycles. The molecular weight excluding hydrogens is 328 g/mol. The van der Waals surface area contributed by atoms with Gasteiger partial charge in [-0.2, -0.15) is 5.10 Å². The number of nitrogens with zero attached hydrogens (tertiary/aromatic N) is 2. The second kappa shape index (κ2) is 6.72. The van der Waals surface area contributed by atoms with Crippen molar-refractivity contribution in [1.29, 1.82) is 0 Å². The Labute approximate surface area is 150 Å². The number of benzene rings is 2. The predicted molar refractivity (Wildman–Crippen MR) is 99.7 cm³/mol. The molecule has 0 unspecified atom stereocenters. The van der Waals surface area contributed by atoms with Crippen LogP contribution in [0, 0.1) is 0 Å². The number of rotatable bonds is 5. The number of furan rings is 1. The number of hydrogen-bond acceptors (Lipinski definition) is 4. The number of carbonyl (C=O) groups excluding carboxylic acids is 1. The van der Waals surface area contributed by atoms with Gasteiger partial charge >= 0.3 is 0 Å². The van der Waals surface area contributed by atoms with Gasteiger partial charge in [0.1, 0.15) is 0 Å². The summed E-state index contributed by atoms with van der Waals surface area (Å²) in [6.45, 7) is 0. The van der Waals surface area contributed by atoms with Gasteiger partial charge < -0.3 is 9.15 Å². The Kier molecular flexibility index (Phi) is 4.11. The average Bonchev–Trinajstić information content (AvgIpc) is 3.33. The van der Waals surface area contributed by atoms with E-state index in [-0.39, 0.29) is 11.5 Å². The number of allylic oxidation sites excluding steroid dienone is 1. The minimum absolute atomic E-state index is 0.212. The van der Waals surface area contributed by atoms with Crippen LogP contribution < -0.4 is 4.74 Å². The molecule has 4 aromatic rings. The standard InChI is InChI=1S/C21H16N2O3/c1-25-19-9-5-6-16-12-20(26-21(16)19)18(24)11-10-15-13-22-23(14-15)17-7-3-2-4-8-17/h2-14H,1H3/b11-10+. The van der Waals surface area contributed by atoms with Crippen molar-refractivity contribution >= 4 is 22.8 Å². The zero-order valence-electron chi connectivity index (χ0n) is 14.1. The summed E-state index contributed by atoms with van der Waals surface area (Å²) >= 11 is 0. The molecule has 128 valence electrons. The Hall–Kier alpha value is -3.60. The van der Waals surface area contributed by atoms with Crippen molar-refractivity contribution in [2.24, 2.45) is 0 Å². The largest absolute Gasteiger partial charge is 0.493 e. The first kappa shape index (κ1) is 15.9. The second-order valence-electron chi connectivity index (χ2n) is 5.74. The van der Waals surface area contributed by atoms with Crippen LogP contribution in [0.5, 0.6) is 5.75 Å². The van der Waals surface area contributed by atoms with Crippen molar-refractivity contribution in [3.63, 3.8) is 0 Å². The molecule has 0 N–H and O–H groups in total. The van der Waals surface area contributed by atoms with Crippen molar-refractivity contribution in [1.82, 2.24) is 9.78 Å². The third kappa shape index (κ3) is 3.02. The lowest BCUT2D eigenvalue weighted by Gasteiger charge is -1.98. The highest BCUT2D eigenvalue weighted by Crippen LogP contribution is 2.28. The lowest BCUT2D eigenvalue weighted by molar-refractivity contribution is 0.102. The van der Waals surface area contributed by atoms with Crippen molar-refractivity contribution in [2.45, 2.75) is 0 Å². The second-order valence-corrected chi connectivity index (χ2v) is 5.74. The zero-order chi connectivity index (χ0) is 17.9. The molecule has 0 radical (unpaired) electrons. The first-order chi connectivity index (χ1) is 12.7. The maximum atomic E-state index is 12.4. The third-order valence-corrected chi connectivity index (χ3v) is 4.02. The molecule has 0 fully saturated rings. The number of fused-ring (bicyclic) bond motifs is 1. The lowest BCUT2D eigenvalue weighted by atomic mass is 10.2. The van der Waals surface area contributed by atoms with E-state index < -0.39 is 0 Å². The predicted octanol–water partition coefficient (Wildman–Crippen LogP) is 4.52. The monoisotopic (exact) mass is 344 g/mol. The summed E-state index contributed by atoms with van der Waals surface area (Å²) in [7, 11) is 1.57. The maximum Gasteiger partial charge on any atom is 0.221 e. The number of carbonyl (C=O) groups is 1. The Bertz CT molecular complexity index is 1090. The van der Waals surface area contributed by atoms with E-state index in [1.807, 2.05) is 48.7 Å². The molecule has 2 heterocycles. The van der Waals surface area contributed by atoms with Crippen LogP contribution in [0.2, 0.25) is 0 Å². The molecular formula is C21H16N2O3. The summed E-state index contributed by atoms with van der Waals surface area (Å²) in [4.78, 5) is 12.4. The fourth-order valence-electron chi connectivity index (χ4n) is 2.72. The fourth-order valence-corrected chi connectivity index (χ4v) is 2.72. The van der Waals surface area contributed by atoms with Crippen molar-refractivity contribution in [2.75, 3.05) is 7.11 Å². The number of para-hydroxylation sites is 2. The quantitative estimate of drug-likeness (QED) is 0.394. The van der Waals surface area contributed by atoms with Gasteiger partial charge in [-0.25, -0.2) is 4.68 Å². The SMILES string of the molecule is COc1cccc2cc(C(=O)/C=C/c3cnn(-c4ccccc4)c3)oc12.